The van der Waals surface area contributed by atoms with Crippen molar-refractivity contribution in [1.29, 1.82) is 0 Å². The fourth-order valence-electron chi connectivity index (χ4n) is 6.05. The zero-order valence-electron chi connectivity index (χ0n) is 21.5. The Morgan fingerprint density at radius 1 is 0.943 bits per heavy atom. The molecule has 2 saturated heterocycles. The number of benzene rings is 1. The number of amides is 2. The maximum atomic E-state index is 13.2. The molecule has 3 fully saturated rings. The van der Waals surface area contributed by atoms with Gasteiger partial charge in [-0.05, 0) is 70.7 Å². The summed E-state index contributed by atoms with van der Waals surface area (Å²) in [6, 6.07) is 8.98. The third kappa shape index (κ3) is 5.35. The highest BCUT2D eigenvalue weighted by Gasteiger charge is 2.33. The second-order valence-electron chi connectivity index (χ2n) is 11.5. The van der Waals surface area contributed by atoms with E-state index >= 15 is 0 Å². The van der Waals surface area contributed by atoms with Crippen LogP contribution in [0.3, 0.4) is 0 Å². The number of carbonyl (C=O) groups is 2. The van der Waals surface area contributed by atoms with Crippen LogP contribution in [0, 0.1) is 0 Å². The van der Waals surface area contributed by atoms with E-state index in [4.69, 9.17) is 4.74 Å². The molecule has 190 valence electrons. The van der Waals surface area contributed by atoms with Gasteiger partial charge in [0.25, 0.3) is 5.91 Å². The number of likely N-dealkylation sites (tertiary alicyclic amines) is 1. The number of hydrogen-bond acceptors (Lipinski definition) is 4. The largest absolute Gasteiger partial charge is 0.444 e. The molecule has 1 aliphatic carbocycles. The predicted molar refractivity (Wildman–Crippen MR) is 138 cm³/mol. The van der Waals surface area contributed by atoms with Crippen LogP contribution in [0.4, 0.5) is 4.79 Å². The summed E-state index contributed by atoms with van der Waals surface area (Å²) in [7, 11) is 0. The molecular formula is C28H40N4O3. The zero-order valence-corrected chi connectivity index (χ0v) is 21.5. The standard InChI is InChI=1S/C28H40N4O3/c1-28(2,3)35-27(34)32-13-6-9-24(32)20-31-14-12-21-19-22(10-11-25(21)31)26(33)30-17-15-29(16-18-30)23-7-4-5-8-23/h10-12,14,19,23-24H,4-9,13,15-18,20H2,1-3H3/t24-/m0/s1. The molecule has 1 saturated carbocycles. The average Bonchev–Trinajstić information content (AvgIpc) is 3.59. The lowest BCUT2D eigenvalue weighted by Crippen LogP contribution is -2.51. The van der Waals surface area contributed by atoms with E-state index in [0.29, 0.717) is 0 Å². The first-order chi connectivity index (χ1) is 16.8. The van der Waals surface area contributed by atoms with Crippen molar-refractivity contribution in [3.63, 3.8) is 0 Å². The maximum Gasteiger partial charge on any atom is 0.410 e. The van der Waals surface area contributed by atoms with Gasteiger partial charge in [0.15, 0.2) is 0 Å². The molecular weight excluding hydrogens is 440 g/mol. The normalized spacial score (nSPS) is 22.3. The quantitative estimate of drug-likeness (QED) is 0.634. The van der Waals surface area contributed by atoms with Gasteiger partial charge >= 0.3 is 6.09 Å². The van der Waals surface area contributed by atoms with E-state index in [1.807, 2.05) is 42.7 Å². The molecule has 0 unspecified atom stereocenters. The SMILES string of the molecule is CC(C)(C)OC(=O)N1CCC[C@H]1Cn1ccc2cc(C(=O)N3CCN(C4CCCC4)CC3)ccc21. The van der Waals surface area contributed by atoms with Crippen molar-refractivity contribution in [3.05, 3.63) is 36.0 Å². The van der Waals surface area contributed by atoms with Crippen molar-refractivity contribution in [2.75, 3.05) is 32.7 Å². The van der Waals surface area contributed by atoms with E-state index in [1.54, 1.807) is 0 Å². The number of carbonyl (C=O) groups excluding carboxylic acids is 2. The van der Waals surface area contributed by atoms with Crippen LogP contribution in [0.2, 0.25) is 0 Å². The minimum atomic E-state index is -0.490. The molecule has 7 heteroatoms. The van der Waals surface area contributed by atoms with Gasteiger partial charge < -0.3 is 19.1 Å². The van der Waals surface area contributed by atoms with Crippen LogP contribution in [-0.2, 0) is 11.3 Å². The molecule has 2 aromatic rings. The van der Waals surface area contributed by atoms with Crippen LogP contribution >= 0.6 is 0 Å². The van der Waals surface area contributed by atoms with Gasteiger partial charge in [-0.2, -0.15) is 0 Å². The Morgan fingerprint density at radius 2 is 1.69 bits per heavy atom. The summed E-state index contributed by atoms with van der Waals surface area (Å²) in [4.78, 5) is 32.4. The van der Waals surface area contributed by atoms with Crippen LogP contribution in [0.25, 0.3) is 10.9 Å². The fourth-order valence-corrected chi connectivity index (χ4v) is 6.05. The third-order valence-corrected chi connectivity index (χ3v) is 7.87. The summed E-state index contributed by atoms with van der Waals surface area (Å²) in [6.45, 7) is 10.8. The molecule has 0 bridgehead atoms. The Morgan fingerprint density at radius 3 is 2.40 bits per heavy atom. The topological polar surface area (TPSA) is 58.0 Å². The fraction of sp³-hybridized carbons (Fsp3) is 0.643. The number of hydrogen-bond donors (Lipinski definition) is 0. The number of ether oxygens (including phenoxy) is 1. The molecule has 2 amide bonds. The molecule has 7 nitrogen and oxygen atoms in total. The second kappa shape index (κ2) is 9.84. The van der Waals surface area contributed by atoms with Crippen LogP contribution < -0.4 is 0 Å². The number of aromatic nitrogens is 1. The van der Waals surface area contributed by atoms with Gasteiger partial charge in [-0.25, -0.2) is 4.79 Å². The summed E-state index contributed by atoms with van der Waals surface area (Å²) >= 11 is 0. The van der Waals surface area contributed by atoms with Crippen LogP contribution in [0.1, 0.15) is 69.7 Å². The van der Waals surface area contributed by atoms with Crippen molar-refractivity contribution < 1.29 is 14.3 Å². The first-order valence-corrected chi connectivity index (χ1v) is 13.4. The Kier molecular flexibility index (Phi) is 6.80. The second-order valence-corrected chi connectivity index (χ2v) is 11.5. The van der Waals surface area contributed by atoms with Gasteiger partial charge in [0.2, 0.25) is 0 Å². The number of rotatable bonds is 4. The highest BCUT2D eigenvalue weighted by atomic mass is 16.6. The lowest BCUT2D eigenvalue weighted by Gasteiger charge is -2.38. The van der Waals surface area contributed by atoms with Crippen molar-refractivity contribution >= 4 is 22.9 Å². The highest BCUT2D eigenvalue weighted by Crippen LogP contribution is 2.27. The van der Waals surface area contributed by atoms with Crippen molar-refractivity contribution in [2.45, 2.75) is 83.5 Å². The first-order valence-electron chi connectivity index (χ1n) is 13.4. The first kappa shape index (κ1) is 24.2. The molecule has 35 heavy (non-hydrogen) atoms. The van der Waals surface area contributed by atoms with Crippen LogP contribution in [0.15, 0.2) is 30.5 Å². The van der Waals surface area contributed by atoms with E-state index in [-0.39, 0.29) is 18.0 Å². The van der Waals surface area contributed by atoms with E-state index < -0.39 is 5.60 Å². The molecule has 1 aromatic carbocycles. The van der Waals surface area contributed by atoms with Gasteiger partial charge in [-0.15, -0.1) is 0 Å². The van der Waals surface area contributed by atoms with E-state index in [1.165, 1.54) is 25.7 Å². The maximum absolute atomic E-state index is 13.2. The predicted octanol–water partition coefficient (Wildman–Crippen LogP) is 4.74. The summed E-state index contributed by atoms with van der Waals surface area (Å²) in [6.07, 6.45) is 9.16. The van der Waals surface area contributed by atoms with Crippen LogP contribution in [0.5, 0.6) is 0 Å². The lowest BCUT2D eigenvalue weighted by atomic mass is 10.1. The zero-order chi connectivity index (χ0) is 24.6. The minimum Gasteiger partial charge on any atom is -0.444 e. The molecule has 1 aromatic heterocycles. The van der Waals surface area contributed by atoms with Crippen molar-refractivity contribution in [2.24, 2.45) is 0 Å². The molecule has 3 aliphatic rings. The molecule has 0 N–H and O–H groups in total. The molecule has 2 aliphatic heterocycles. The monoisotopic (exact) mass is 480 g/mol. The van der Waals surface area contributed by atoms with Gasteiger partial charge in [0.1, 0.15) is 5.60 Å². The highest BCUT2D eigenvalue weighted by molar-refractivity contribution is 5.98. The smallest absolute Gasteiger partial charge is 0.410 e. The summed E-state index contributed by atoms with van der Waals surface area (Å²) in [5, 5.41) is 1.07. The van der Waals surface area contributed by atoms with E-state index in [2.05, 4.69) is 27.8 Å². The molecule has 0 spiro atoms. The van der Waals surface area contributed by atoms with Crippen LogP contribution in [-0.4, -0.2) is 81.7 Å². The molecule has 3 heterocycles. The molecule has 5 rings (SSSR count). The lowest BCUT2D eigenvalue weighted by molar-refractivity contribution is 0.0215. The number of piperazine rings is 1. The van der Waals surface area contributed by atoms with E-state index in [0.717, 1.165) is 74.6 Å². The average molecular weight is 481 g/mol. The van der Waals surface area contributed by atoms with Gasteiger partial charge in [0.05, 0.1) is 6.04 Å². The van der Waals surface area contributed by atoms with Gasteiger partial charge in [-0.3, -0.25) is 9.69 Å². The Balaban J connectivity index is 1.23. The summed E-state index contributed by atoms with van der Waals surface area (Å²) in [5.74, 6) is 0.137. The molecule has 0 radical (unpaired) electrons. The van der Waals surface area contributed by atoms with Crippen molar-refractivity contribution in [3.8, 4) is 0 Å². The number of nitrogens with zero attached hydrogens (tertiary/aromatic N) is 4. The van der Waals surface area contributed by atoms with Gasteiger partial charge in [0, 0.05) is 68.0 Å². The Bertz CT molecular complexity index is 1060. The summed E-state index contributed by atoms with van der Waals surface area (Å²) in [5.41, 5.74) is 1.38. The Hall–Kier alpha value is -2.54. The summed E-state index contributed by atoms with van der Waals surface area (Å²) < 4.78 is 7.83. The number of fused-ring (bicyclic) bond motifs is 1. The van der Waals surface area contributed by atoms with Gasteiger partial charge in [-0.1, -0.05) is 12.8 Å². The van der Waals surface area contributed by atoms with E-state index in [9.17, 15) is 9.59 Å². The molecule has 1 atom stereocenters. The minimum absolute atomic E-state index is 0.123. The third-order valence-electron chi connectivity index (χ3n) is 7.87. The Labute approximate surface area is 209 Å². The van der Waals surface area contributed by atoms with Crippen molar-refractivity contribution in [1.82, 2.24) is 19.3 Å².